The molecule has 1 amide bonds. The topological polar surface area (TPSA) is 49.6 Å². The standard InChI is InChI=1S/C23H24FN3O2/c1-16-20(25-23(29-16)18-9-6-10-19(24)13-18)14-22(28)27-12-11-26(2)21(15-27)17-7-4-3-5-8-17/h3-10,13,21H,11-12,14-15H2,1-2H3. The lowest BCUT2D eigenvalue weighted by atomic mass is 10.0. The van der Waals surface area contributed by atoms with Crippen molar-refractivity contribution in [3.63, 3.8) is 0 Å². The Bertz CT molecular complexity index is 1000. The second kappa shape index (κ2) is 8.17. The highest BCUT2D eigenvalue weighted by Crippen LogP contribution is 2.26. The van der Waals surface area contributed by atoms with Gasteiger partial charge in [-0.05, 0) is 37.7 Å². The lowest BCUT2D eigenvalue weighted by molar-refractivity contribution is -0.133. The Hall–Kier alpha value is -2.99. The van der Waals surface area contributed by atoms with Crippen LogP contribution >= 0.6 is 0 Å². The number of hydrogen-bond donors (Lipinski definition) is 0. The van der Waals surface area contributed by atoms with Gasteiger partial charge in [0.2, 0.25) is 11.8 Å². The number of hydrogen-bond acceptors (Lipinski definition) is 4. The molecule has 4 rings (SSSR count). The molecule has 1 saturated heterocycles. The molecule has 0 spiro atoms. The maximum atomic E-state index is 13.5. The van der Waals surface area contributed by atoms with Gasteiger partial charge in [0.15, 0.2) is 0 Å². The summed E-state index contributed by atoms with van der Waals surface area (Å²) >= 11 is 0. The molecular weight excluding hydrogens is 369 g/mol. The summed E-state index contributed by atoms with van der Waals surface area (Å²) in [7, 11) is 2.09. The van der Waals surface area contributed by atoms with Gasteiger partial charge < -0.3 is 9.32 Å². The van der Waals surface area contributed by atoms with Crippen LogP contribution in [0.1, 0.15) is 23.1 Å². The van der Waals surface area contributed by atoms with Crippen molar-refractivity contribution in [2.45, 2.75) is 19.4 Å². The lowest BCUT2D eigenvalue weighted by Gasteiger charge is -2.39. The summed E-state index contributed by atoms with van der Waals surface area (Å²) < 4.78 is 19.2. The van der Waals surface area contributed by atoms with E-state index in [1.54, 1.807) is 19.1 Å². The largest absolute Gasteiger partial charge is 0.441 e. The second-order valence-corrected chi connectivity index (χ2v) is 7.46. The Labute approximate surface area is 169 Å². The number of rotatable bonds is 4. The number of aryl methyl sites for hydroxylation is 1. The summed E-state index contributed by atoms with van der Waals surface area (Å²) in [5.41, 5.74) is 2.37. The zero-order chi connectivity index (χ0) is 20.4. The van der Waals surface area contributed by atoms with Crippen LogP contribution in [0, 0.1) is 12.7 Å². The van der Waals surface area contributed by atoms with Gasteiger partial charge in [-0.3, -0.25) is 9.69 Å². The number of carbonyl (C=O) groups is 1. The van der Waals surface area contributed by atoms with Crippen LogP contribution in [0.25, 0.3) is 11.5 Å². The van der Waals surface area contributed by atoms with Crippen LogP contribution in [0.15, 0.2) is 59.0 Å². The van der Waals surface area contributed by atoms with Crippen molar-refractivity contribution in [1.82, 2.24) is 14.8 Å². The molecule has 6 heteroatoms. The van der Waals surface area contributed by atoms with Gasteiger partial charge >= 0.3 is 0 Å². The van der Waals surface area contributed by atoms with Crippen LogP contribution in [0.3, 0.4) is 0 Å². The first-order chi connectivity index (χ1) is 14.0. The first kappa shape index (κ1) is 19.3. The summed E-state index contributed by atoms with van der Waals surface area (Å²) in [6.07, 6.45) is 0.176. The van der Waals surface area contributed by atoms with Gasteiger partial charge in [-0.1, -0.05) is 36.4 Å². The Kier molecular flexibility index (Phi) is 5.45. The van der Waals surface area contributed by atoms with Gasteiger partial charge in [0.25, 0.3) is 0 Å². The van der Waals surface area contributed by atoms with Crippen LogP contribution in [-0.4, -0.2) is 47.4 Å². The number of oxazole rings is 1. The van der Waals surface area contributed by atoms with Crippen molar-refractivity contribution in [2.75, 3.05) is 26.7 Å². The molecule has 2 aromatic carbocycles. The van der Waals surface area contributed by atoms with Crippen molar-refractivity contribution < 1.29 is 13.6 Å². The molecule has 0 bridgehead atoms. The average molecular weight is 393 g/mol. The maximum absolute atomic E-state index is 13.5. The Morgan fingerprint density at radius 2 is 1.97 bits per heavy atom. The first-order valence-electron chi connectivity index (χ1n) is 9.76. The fourth-order valence-electron chi connectivity index (χ4n) is 3.73. The summed E-state index contributed by atoms with van der Waals surface area (Å²) in [6, 6.07) is 16.5. The van der Waals surface area contributed by atoms with Crippen molar-refractivity contribution in [2.24, 2.45) is 0 Å². The minimum Gasteiger partial charge on any atom is -0.441 e. The molecule has 1 atom stereocenters. The van der Waals surface area contributed by atoms with Crippen molar-refractivity contribution >= 4 is 5.91 Å². The number of aromatic nitrogens is 1. The fourth-order valence-corrected chi connectivity index (χ4v) is 3.73. The number of nitrogens with zero attached hydrogens (tertiary/aromatic N) is 3. The van der Waals surface area contributed by atoms with Crippen LogP contribution in [0.5, 0.6) is 0 Å². The molecular formula is C23H24FN3O2. The Morgan fingerprint density at radius 1 is 1.17 bits per heavy atom. The third-order valence-electron chi connectivity index (χ3n) is 5.47. The number of piperazine rings is 1. The molecule has 5 nitrogen and oxygen atoms in total. The molecule has 0 aliphatic carbocycles. The molecule has 29 heavy (non-hydrogen) atoms. The zero-order valence-corrected chi connectivity index (χ0v) is 16.6. The monoisotopic (exact) mass is 393 g/mol. The van der Waals surface area contributed by atoms with E-state index >= 15 is 0 Å². The van der Waals surface area contributed by atoms with Crippen LogP contribution in [0.2, 0.25) is 0 Å². The first-order valence-corrected chi connectivity index (χ1v) is 9.76. The molecule has 1 aliphatic rings. The summed E-state index contributed by atoms with van der Waals surface area (Å²) in [6.45, 7) is 3.94. The van der Waals surface area contributed by atoms with E-state index < -0.39 is 0 Å². The summed E-state index contributed by atoms with van der Waals surface area (Å²) in [4.78, 5) is 21.6. The summed E-state index contributed by atoms with van der Waals surface area (Å²) in [5.74, 6) is 0.610. The molecule has 3 aromatic rings. The second-order valence-electron chi connectivity index (χ2n) is 7.46. The predicted molar refractivity (Wildman–Crippen MR) is 109 cm³/mol. The third kappa shape index (κ3) is 4.22. The van der Waals surface area contributed by atoms with Gasteiger partial charge in [-0.25, -0.2) is 9.37 Å². The smallest absolute Gasteiger partial charge is 0.228 e. The molecule has 1 aliphatic heterocycles. The molecule has 150 valence electrons. The Morgan fingerprint density at radius 3 is 2.72 bits per heavy atom. The highest BCUT2D eigenvalue weighted by atomic mass is 19.1. The van der Waals surface area contributed by atoms with Gasteiger partial charge in [0.1, 0.15) is 11.6 Å². The number of halogens is 1. The zero-order valence-electron chi connectivity index (χ0n) is 16.6. The quantitative estimate of drug-likeness (QED) is 0.676. The van der Waals surface area contributed by atoms with E-state index in [0.29, 0.717) is 36.0 Å². The highest BCUT2D eigenvalue weighted by molar-refractivity contribution is 5.79. The molecule has 2 heterocycles. The van der Waals surface area contributed by atoms with Crippen LogP contribution < -0.4 is 0 Å². The van der Waals surface area contributed by atoms with Gasteiger partial charge in [-0.2, -0.15) is 0 Å². The molecule has 0 N–H and O–H groups in total. The van der Waals surface area contributed by atoms with Crippen LogP contribution in [0.4, 0.5) is 4.39 Å². The lowest BCUT2D eigenvalue weighted by Crippen LogP contribution is -2.49. The third-order valence-corrected chi connectivity index (χ3v) is 5.47. The van der Waals surface area contributed by atoms with Gasteiger partial charge in [0.05, 0.1) is 18.2 Å². The molecule has 0 saturated carbocycles. The average Bonchev–Trinajstić information content (AvgIpc) is 3.09. The van der Waals surface area contributed by atoms with E-state index in [-0.39, 0.29) is 24.2 Å². The Balaban J connectivity index is 1.48. The van der Waals surface area contributed by atoms with E-state index in [9.17, 15) is 9.18 Å². The maximum Gasteiger partial charge on any atom is 0.228 e. The van der Waals surface area contributed by atoms with E-state index in [1.165, 1.54) is 17.7 Å². The molecule has 0 radical (unpaired) electrons. The fraction of sp³-hybridized carbons (Fsp3) is 0.304. The number of amides is 1. The van der Waals surface area contributed by atoms with Crippen LogP contribution in [-0.2, 0) is 11.2 Å². The van der Waals surface area contributed by atoms with Crippen molar-refractivity contribution in [1.29, 1.82) is 0 Å². The van der Waals surface area contributed by atoms with E-state index in [2.05, 4.69) is 29.1 Å². The minimum atomic E-state index is -0.347. The SMILES string of the molecule is Cc1oc(-c2cccc(F)c2)nc1CC(=O)N1CCN(C)C(c2ccccc2)C1. The molecule has 1 aromatic heterocycles. The van der Waals surface area contributed by atoms with Gasteiger partial charge in [0, 0.05) is 25.2 Å². The minimum absolute atomic E-state index is 0.0289. The number of likely N-dealkylation sites (N-methyl/N-ethyl adjacent to an activating group) is 1. The highest BCUT2D eigenvalue weighted by Gasteiger charge is 2.29. The van der Waals surface area contributed by atoms with Crippen molar-refractivity contribution in [3.05, 3.63) is 77.4 Å². The number of benzene rings is 2. The summed E-state index contributed by atoms with van der Waals surface area (Å²) in [5, 5.41) is 0. The van der Waals surface area contributed by atoms with E-state index in [4.69, 9.17) is 4.42 Å². The van der Waals surface area contributed by atoms with E-state index in [1.807, 2.05) is 23.1 Å². The molecule has 1 unspecified atom stereocenters. The number of carbonyl (C=O) groups excluding carboxylic acids is 1. The van der Waals surface area contributed by atoms with Gasteiger partial charge in [-0.15, -0.1) is 0 Å². The van der Waals surface area contributed by atoms with E-state index in [0.717, 1.165) is 6.54 Å². The predicted octanol–water partition coefficient (Wildman–Crippen LogP) is 3.85. The molecule has 1 fully saturated rings. The van der Waals surface area contributed by atoms with Crippen molar-refractivity contribution in [3.8, 4) is 11.5 Å². The normalized spacial score (nSPS) is 17.5.